The van der Waals surface area contributed by atoms with E-state index in [2.05, 4.69) is 0 Å². The van der Waals surface area contributed by atoms with E-state index >= 15 is 0 Å². The van der Waals surface area contributed by atoms with Gasteiger partial charge in [-0.2, -0.15) is 0 Å². The molecule has 2 rings (SSSR count). The zero-order chi connectivity index (χ0) is 17.3. The Balaban J connectivity index is 0. The predicted molar refractivity (Wildman–Crippen MR) is 70.0 cm³/mol. The van der Waals surface area contributed by atoms with Crippen molar-refractivity contribution in [2.24, 2.45) is 0 Å². The van der Waals surface area contributed by atoms with Crippen LogP contribution in [0.2, 0.25) is 0 Å². The van der Waals surface area contributed by atoms with Crippen LogP contribution in [0.5, 0.6) is 0 Å². The summed E-state index contributed by atoms with van der Waals surface area (Å²) in [6, 6.07) is 0. The molecule has 8 N–H and O–H groups in total. The maximum Gasteiger partial charge on any atom is 4.00 e. The van der Waals surface area contributed by atoms with E-state index in [-0.39, 0.29) is 32.7 Å². The molecule has 0 saturated carbocycles. The van der Waals surface area contributed by atoms with E-state index in [1.54, 1.807) is 0 Å². The van der Waals surface area contributed by atoms with Gasteiger partial charge >= 0.3 is 21.7 Å². The van der Waals surface area contributed by atoms with Gasteiger partial charge in [0.15, 0.2) is 12.6 Å². The molecule has 2 aliphatic rings. The van der Waals surface area contributed by atoms with Crippen LogP contribution in [0.3, 0.4) is 0 Å². The molecule has 0 radical (unpaired) electrons. The second kappa shape index (κ2) is 11.9. The van der Waals surface area contributed by atoms with E-state index in [1.807, 2.05) is 0 Å². The third kappa shape index (κ3) is 5.60. The summed E-state index contributed by atoms with van der Waals surface area (Å²) >= 11 is 0. The molecule has 10 atom stereocenters. The summed E-state index contributed by atoms with van der Waals surface area (Å²) in [6.07, 6.45) is -15.6. The van der Waals surface area contributed by atoms with Crippen LogP contribution in [0.1, 0.15) is 0 Å². The first-order valence-electron chi connectivity index (χ1n) is 7.08. The molecule has 2 saturated heterocycles. The normalized spacial score (nSPS) is 45.7. The molecule has 26 heavy (non-hydrogen) atoms. The Morgan fingerprint density at radius 3 is 1.69 bits per heavy atom. The fraction of sp³-hybridized carbons (Fsp3) is 1.00. The van der Waals surface area contributed by atoms with E-state index in [0.29, 0.717) is 0 Å². The predicted octanol–water partition coefficient (Wildman–Crippen LogP) is -5.64. The smallest absolute Gasteiger partial charge is 2.00 e. The molecule has 0 amide bonds. The Morgan fingerprint density at radius 1 is 0.654 bits per heavy atom. The Hall–Kier alpha value is 0.194. The zero-order valence-electron chi connectivity index (χ0n) is 13.3. The molecule has 0 aromatic heterocycles. The number of ether oxygens (including phenoxy) is 3. The van der Waals surface area contributed by atoms with Crippen molar-refractivity contribution in [1.29, 1.82) is 0 Å². The van der Waals surface area contributed by atoms with E-state index in [4.69, 9.17) is 19.3 Å². The first kappa shape index (κ1) is 28.4. The van der Waals surface area contributed by atoms with Crippen molar-refractivity contribution in [3.8, 4) is 0 Å². The molecule has 2 aliphatic heterocycles. The van der Waals surface area contributed by atoms with Crippen molar-refractivity contribution in [3.05, 3.63) is 0 Å². The van der Waals surface area contributed by atoms with Gasteiger partial charge in [-0.15, -0.1) is 0 Å². The molecule has 152 valence electrons. The summed E-state index contributed by atoms with van der Waals surface area (Å²) in [4.78, 5) is 0. The summed E-state index contributed by atoms with van der Waals surface area (Å²) < 4.78 is 15.3. The minimum Gasteiger partial charge on any atom is -2.00 e. The van der Waals surface area contributed by atoms with E-state index < -0.39 is 74.6 Å². The van der Waals surface area contributed by atoms with Crippen LogP contribution in [0.25, 0.3) is 0 Å². The fourth-order valence-electron chi connectivity index (χ4n) is 2.57. The SMILES string of the molecule is OC[C@H]1O[C@@H](O[C@H]2[C@H](O)[C@@H](O)[C@@H](O)O[C@@H]2CO)[C@H](O)[C@@H](O)[C@H]1O.[O-2].[O-2].[Ti+4]. The van der Waals surface area contributed by atoms with Gasteiger partial charge in [0.2, 0.25) is 0 Å². The third-order valence-corrected chi connectivity index (χ3v) is 3.98. The Morgan fingerprint density at radius 2 is 1.19 bits per heavy atom. The largest absolute Gasteiger partial charge is 4.00 e. The molecule has 0 bridgehead atoms. The second-order valence-electron chi connectivity index (χ2n) is 5.53. The molecule has 0 unspecified atom stereocenters. The van der Waals surface area contributed by atoms with Crippen molar-refractivity contribution >= 4 is 0 Å². The van der Waals surface area contributed by atoms with Gasteiger partial charge in [-0.3, -0.25) is 0 Å². The molecular formula is C12H22O13Ti. The Bertz CT molecular complexity index is 386. The van der Waals surface area contributed by atoms with Gasteiger partial charge in [-0.1, -0.05) is 0 Å². The van der Waals surface area contributed by atoms with E-state index in [9.17, 15) is 35.7 Å². The monoisotopic (exact) mass is 422 g/mol. The minimum absolute atomic E-state index is 0. The molecule has 14 heteroatoms. The quantitative estimate of drug-likeness (QED) is 0.198. The summed E-state index contributed by atoms with van der Waals surface area (Å²) in [6.45, 7) is -1.35. The van der Waals surface area contributed by atoms with Crippen LogP contribution in [0.15, 0.2) is 0 Å². The topological polar surface area (TPSA) is 247 Å². The van der Waals surface area contributed by atoms with Gasteiger partial charge in [0, 0.05) is 0 Å². The van der Waals surface area contributed by atoms with E-state index in [1.165, 1.54) is 0 Å². The number of aliphatic hydroxyl groups is 8. The second-order valence-corrected chi connectivity index (χ2v) is 5.53. The van der Waals surface area contributed by atoms with Crippen LogP contribution in [0, 0.1) is 0 Å². The number of rotatable bonds is 4. The van der Waals surface area contributed by atoms with Gasteiger partial charge in [-0.25, -0.2) is 0 Å². The van der Waals surface area contributed by atoms with Crippen LogP contribution in [-0.4, -0.2) is 115 Å². The molecule has 2 heterocycles. The van der Waals surface area contributed by atoms with Gasteiger partial charge in [0.1, 0.15) is 48.8 Å². The first-order chi connectivity index (χ1) is 10.8. The average Bonchev–Trinajstić information content (AvgIpc) is 2.55. The van der Waals surface area contributed by atoms with Crippen molar-refractivity contribution in [2.45, 2.75) is 61.4 Å². The molecule has 13 nitrogen and oxygen atoms in total. The molecule has 2 fully saturated rings. The Labute approximate surface area is 162 Å². The van der Waals surface area contributed by atoms with Gasteiger partial charge in [0.25, 0.3) is 0 Å². The molecule has 0 aliphatic carbocycles. The Kier molecular flexibility index (Phi) is 13.0. The maximum absolute atomic E-state index is 9.94. The van der Waals surface area contributed by atoms with Gasteiger partial charge in [-0.05, 0) is 0 Å². The zero-order valence-corrected chi connectivity index (χ0v) is 14.9. The van der Waals surface area contributed by atoms with Gasteiger partial charge < -0.3 is 66.0 Å². The van der Waals surface area contributed by atoms with Crippen molar-refractivity contribution in [1.82, 2.24) is 0 Å². The molecule has 0 aromatic carbocycles. The van der Waals surface area contributed by atoms with E-state index in [0.717, 1.165) is 0 Å². The standard InChI is InChI=1S/C12H22O11.2O.Ti/c13-1-3-5(15)6(16)9(19)12(22-3)23-10-4(2-14)21-11(20)8(18)7(10)17;;;/h3-20H,1-2H2;;;/q;2*-2;+4/t3-,4-,5+,6+,7-,8-,9-,10-,11+,12+;;;/m1.../s1. The number of hydrogen-bond acceptors (Lipinski definition) is 11. The maximum atomic E-state index is 9.94. The minimum atomic E-state index is -1.74. The number of hydrogen-bond donors (Lipinski definition) is 8. The third-order valence-electron chi connectivity index (χ3n) is 3.98. The summed E-state index contributed by atoms with van der Waals surface area (Å²) in [7, 11) is 0. The van der Waals surface area contributed by atoms with Gasteiger partial charge in [0.05, 0.1) is 13.2 Å². The van der Waals surface area contributed by atoms with Crippen LogP contribution < -0.4 is 0 Å². The van der Waals surface area contributed by atoms with Crippen molar-refractivity contribution < 1.29 is 87.7 Å². The van der Waals surface area contributed by atoms with Crippen molar-refractivity contribution in [2.75, 3.05) is 13.2 Å². The number of aliphatic hydroxyl groups excluding tert-OH is 8. The van der Waals surface area contributed by atoms with Crippen LogP contribution in [-0.2, 0) is 46.9 Å². The fourth-order valence-corrected chi connectivity index (χ4v) is 2.57. The summed E-state index contributed by atoms with van der Waals surface area (Å²) in [5, 5.41) is 76.5. The van der Waals surface area contributed by atoms with Crippen LogP contribution in [0.4, 0.5) is 0 Å². The average molecular weight is 422 g/mol. The summed E-state index contributed by atoms with van der Waals surface area (Å²) in [5.41, 5.74) is 0. The molecule has 0 aromatic rings. The van der Waals surface area contributed by atoms with Crippen molar-refractivity contribution in [3.63, 3.8) is 0 Å². The summed E-state index contributed by atoms with van der Waals surface area (Å²) in [5.74, 6) is 0. The van der Waals surface area contributed by atoms with Crippen LogP contribution >= 0.6 is 0 Å². The molecule has 0 spiro atoms. The first-order valence-corrected chi connectivity index (χ1v) is 7.08. The molecular weight excluding hydrogens is 400 g/mol.